The molecule has 1 saturated carbocycles. The van der Waals surface area contributed by atoms with Gasteiger partial charge in [0.25, 0.3) is 0 Å². The molecule has 0 aromatic heterocycles. The van der Waals surface area contributed by atoms with Crippen LogP contribution >= 0.6 is 0 Å². The molecule has 25 heavy (non-hydrogen) atoms. The van der Waals surface area contributed by atoms with E-state index in [1.807, 2.05) is 0 Å². The van der Waals surface area contributed by atoms with Gasteiger partial charge in [-0.25, -0.2) is 0 Å². The second kappa shape index (κ2) is 9.27. The molecule has 2 rings (SSSR count). The average Bonchev–Trinajstić information content (AvgIpc) is 2.67. The maximum Gasteiger partial charge on any atom is 0.119 e. The second-order valence-electron chi connectivity index (χ2n) is 8.28. The Labute approximate surface area is 154 Å². The number of nitrogens with zero attached hydrogens (tertiary/aromatic N) is 1. The first-order valence-corrected chi connectivity index (χ1v) is 10.2. The molecule has 138 valence electrons. The van der Waals surface area contributed by atoms with E-state index in [1.165, 1.54) is 12.0 Å². The first-order chi connectivity index (χ1) is 12.0. The Bertz CT molecular complexity index is 548. The average molecular weight is 342 g/mol. The molecular weight excluding hydrogens is 306 g/mol. The summed E-state index contributed by atoms with van der Waals surface area (Å²) in [6.45, 7) is 9.72. The van der Waals surface area contributed by atoms with Crippen LogP contribution in [0.3, 0.4) is 0 Å². The highest BCUT2D eigenvalue weighted by atomic mass is 16.5. The zero-order chi connectivity index (χ0) is 18.3. The fourth-order valence-electron chi connectivity index (χ4n) is 3.87. The summed E-state index contributed by atoms with van der Waals surface area (Å²) in [6.07, 6.45) is 7.75. The van der Waals surface area contributed by atoms with Crippen molar-refractivity contribution in [2.75, 3.05) is 6.61 Å². The van der Waals surface area contributed by atoms with Crippen LogP contribution in [0.15, 0.2) is 24.3 Å². The third-order valence-electron chi connectivity index (χ3n) is 6.20. The first-order valence-electron chi connectivity index (χ1n) is 10.2. The van der Waals surface area contributed by atoms with Crippen LogP contribution in [0.5, 0.6) is 5.75 Å². The van der Waals surface area contributed by atoms with Gasteiger partial charge >= 0.3 is 0 Å². The molecule has 0 saturated heterocycles. The smallest absolute Gasteiger partial charge is 0.119 e. The molecule has 1 aliphatic rings. The molecule has 1 aromatic carbocycles. The fraction of sp³-hybridized carbons (Fsp3) is 0.696. The van der Waals surface area contributed by atoms with Gasteiger partial charge in [-0.05, 0) is 67.6 Å². The van der Waals surface area contributed by atoms with Gasteiger partial charge in [-0.3, -0.25) is 0 Å². The number of rotatable bonds is 8. The summed E-state index contributed by atoms with van der Waals surface area (Å²) in [5.74, 6) is 2.82. The Morgan fingerprint density at radius 3 is 2.20 bits per heavy atom. The third-order valence-corrected chi connectivity index (χ3v) is 6.20. The minimum Gasteiger partial charge on any atom is -0.493 e. The predicted octanol–water partition coefficient (Wildman–Crippen LogP) is 6.72. The Balaban J connectivity index is 1.91. The van der Waals surface area contributed by atoms with Crippen LogP contribution in [0.2, 0.25) is 0 Å². The maximum absolute atomic E-state index is 9.74. The molecule has 0 radical (unpaired) electrons. The molecule has 0 spiro atoms. The van der Waals surface area contributed by atoms with Crippen LogP contribution in [0, 0.1) is 28.6 Å². The van der Waals surface area contributed by atoms with E-state index < -0.39 is 0 Å². The van der Waals surface area contributed by atoms with Crippen LogP contribution < -0.4 is 4.74 Å². The lowest BCUT2D eigenvalue weighted by Gasteiger charge is -2.36. The van der Waals surface area contributed by atoms with Crippen molar-refractivity contribution in [3.8, 4) is 11.8 Å². The van der Waals surface area contributed by atoms with Gasteiger partial charge in [0, 0.05) is 0 Å². The molecule has 0 heterocycles. The van der Waals surface area contributed by atoms with Gasteiger partial charge < -0.3 is 4.74 Å². The molecule has 1 aliphatic carbocycles. The number of hydrogen-bond donors (Lipinski definition) is 0. The van der Waals surface area contributed by atoms with Crippen molar-refractivity contribution in [2.24, 2.45) is 17.3 Å². The van der Waals surface area contributed by atoms with E-state index in [0.29, 0.717) is 17.8 Å². The molecule has 1 aromatic rings. The highest BCUT2D eigenvalue weighted by Crippen LogP contribution is 2.46. The Hall–Kier alpha value is -1.49. The van der Waals surface area contributed by atoms with Crippen LogP contribution in [0.4, 0.5) is 0 Å². The first kappa shape index (κ1) is 19.8. The lowest BCUT2D eigenvalue weighted by Crippen LogP contribution is -2.27. The van der Waals surface area contributed by atoms with Crippen molar-refractivity contribution in [2.45, 2.75) is 78.6 Å². The molecular formula is C23H35NO. The van der Waals surface area contributed by atoms with E-state index in [9.17, 15) is 5.26 Å². The van der Waals surface area contributed by atoms with E-state index in [4.69, 9.17) is 4.74 Å². The molecule has 2 atom stereocenters. The summed E-state index contributed by atoms with van der Waals surface area (Å²) >= 11 is 0. The summed E-state index contributed by atoms with van der Waals surface area (Å²) < 4.78 is 5.86. The summed E-state index contributed by atoms with van der Waals surface area (Å²) in [5, 5.41) is 9.74. The van der Waals surface area contributed by atoms with Gasteiger partial charge in [0.2, 0.25) is 0 Å². The van der Waals surface area contributed by atoms with Crippen molar-refractivity contribution >= 4 is 0 Å². The quantitative estimate of drug-likeness (QED) is 0.526. The SMILES string of the molecule is CCC(C)COc1ccc(C2CCC(C#N)(CC(C)CC)CC2)cc1. The van der Waals surface area contributed by atoms with E-state index in [1.54, 1.807) is 0 Å². The summed E-state index contributed by atoms with van der Waals surface area (Å²) in [7, 11) is 0. The molecule has 0 aliphatic heterocycles. The van der Waals surface area contributed by atoms with Crippen molar-refractivity contribution in [3.63, 3.8) is 0 Å². The lowest BCUT2D eigenvalue weighted by atomic mass is 9.66. The zero-order valence-corrected chi connectivity index (χ0v) is 16.6. The van der Waals surface area contributed by atoms with Crippen LogP contribution in [0.25, 0.3) is 0 Å². The van der Waals surface area contributed by atoms with Gasteiger partial charge in [0.15, 0.2) is 0 Å². The van der Waals surface area contributed by atoms with E-state index in [0.717, 1.165) is 50.9 Å². The number of nitriles is 1. The van der Waals surface area contributed by atoms with E-state index in [-0.39, 0.29) is 5.41 Å². The van der Waals surface area contributed by atoms with Crippen LogP contribution in [0.1, 0.15) is 84.1 Å². The van der Waals surface area contributed by atoms with Gasteiger partial charge in [-0.2, -0.15) is 5.26 Å². The van der Waals surface area contributed by atoms with Gasteiger partial charge in [-0.15, -0.1) is 0 Å². The number of ether oxygens (including phenoxy) is 1. The van der Waals surface area contributed by atoms with Gasteiger partial charge in [0.1, 0.15) is 5.75 Å². The molecule has 2 heteroatoms. The molecule has 0 bridgehead atoms. The molecule has 0 N–H and O–H groups in total. The summed E-state index contributed by atoms with van der Waals surface area (Å²) in [4.78, 5) is 0. The molecule has 2 nitrogen and oxygen atoms in total. The highest BCUT2D eigenvalue weighted by Gasteiger charge is 2.36. The van der Waals surface area contributed by atoms with Crippen LogP contribution in [-0.4, -0.2) is 6.61 Å². The van der Waals surface area contributed by atoms with Crippen molar-refractivity contribution in [3.05, 3.63) is 29.8 Å². The van der Waals surface area contributed by atoms with E-state index in [2.05, 4.69) is 58.0 Å². The van der Waals surface area contributed by atoms with Crippen LogP contribution in [-0.2, 0) is 0 Å². The normalized spacial score (nSPS) is 25.8. The maximum atomic E-state index is 9.74. The highest BCUT2D eigenvalue weighted by molar-refractivity contribution is 5.30. The Morgan fingerprint density at radius 1 is 1.08 bits per heavy atom. The molecule has 1 fully saturated rings. The lowest BCUT2D eigenvalue weighted by molar-refractivity contribution is 0.198. The number of benzene rings is 1. The topological polar surface area (TPSA) is 33.0 Å². The fourth-order valence-corrected chi connectivity index (χ4v) is 3.87. The van der Waals surface area contributed by atoms with Gasteiger partial charge in [0.05, 0.1) is 18.1 Å². The van der Waals surface area contributed by atoms with Crippen molar-refractivity contribution in [1.29, 1.82) is 5.26 Å². The largest absolute Gasteiger partial charge is 0.493 e. The van der Waals surface area contributed by atoms with E-state index >= 15 is 0 Å². The molecule has 0 amide bonds. The second-order valence-corrected chi connectivity index (χ2v) is 8.28. The zero-order valence-electron chi connectivity index (χ0n) is 16.6. The van der Waals surface area contributed by atoms with Crippen molar-refractivity contribution in [1.82, 2.24) is 0 Å². The molecule has 2 unspecified atom stereocenters. The minimum atomic E-state index is -0.0781. The Morgan fingerprint density at radius 2 is 1.68 bits per heavy atom. The summed E-state index contributed by atoms with van der Waals surface area (Å²) in [5.41, 5.74) is 1.33. The predicted molar refractivity (Wildman–Crippen MR) is 105 cm³/mol. The van der Waals surface area contributed by atoms with Gasteiger partial charge in [-0.1, -0.05) is 52.7 Å². The van der Waals surface area contributed by atoms with Crippen molar-refractivity contribution < 1.29 is 4.74 Å². The summed E-state index contributed by atoms with van der Waals surface area (Å²) in [6, 6.07) is 11.4. The monoisotopic (exact) mass is 341 g/mol. The third kappa shape index (κ3) is 5.50. The minimum absolute atomic E-state index is 0.0781. The standard InChI is InChI=1S/C23H35NO/c1-5-18(3)15-23(17-24)13-11-21(12-14-23)20-7-9-22(10-8-20)25-16-19(4)6-2/h7-10,18-19,21H,5-6,11-16H2,1-4H3. The Kier molecular flexibility index (Phi) is 7.36. The number of hydrogen-bond acceptors (Lipinski definition) is 2.